The number of hydrogen-bond acceptors (Lipinski definition) is 6. The van der Waals surface area contributed by atoms with Crippen molar-refractivity contribution in [1.29, 1.82) is 0 Å². The monoisotopic (exact) mass is 379 g/mol. The average molecular weight is 379 g/mol. The minimum atomic E-state index is 0.540. The van der Waals surface area contributed by atoms with Crippen LogP contribution in [0.3, 0.4) is 0 Å². The highest BCUT2D eigenvalue weighted by Crippen LogP contribution is 2.27. The third-order valence-corrected chi connectivity index (χ3v) is 4.58. The van der Waals surface area contributed by atoms with E-state index in [1.54, 1.807) is 17.2 Å². The molecule has 0 atom stereocenters. The molecule has 0 aliphatic rings. The quantitative estimate of drug-likeness (QED) is 0.501. The van der Waals surface area contributed by atoms with Crippen LogP contribution in [0.5, 0.6) is 0 Å². The molecule has 0 unspecified atom stereocenters. The third kappa shape index (κ3) is 3.41. The van der Waals surface area contributed by atoms with Gasteiger partial charge in [-0.3, -0.25) is 4.98 Å². The molecule has 0 saturated heterocycles. The SMILES string of the molecule is Cc1ncn(-c2ccc(Nc3ncc4cccc(-c5cccnc5)c4n3)cc2)n1. The van der Waals surface area contributed by atoms with E-state index in [4.69, 9.17) is 4.98 Å². The zero-order valence-electron chi connectivity index (χ0n) is 15.7. The number of para-hydroxylation sites is 1. The van der Waals surface area contributed by atoms with Gasteiger partial charge >= 0.3 is 0 Å². The van der Waals surface area contributed by atoms with Gasteiger partial charge in [0.1, 0.15) is 12.2 Å². The largest absolute Gasteiger partial charge is 0.324 e. The van der Waals surface area contributed by atoms with Crippen molar-refractivity contribution in [3.05, 3.63) is 85.3 Å². The van der Waals surface area contributed by atoms with Crippen molar-refractivity contribution in [3.63, 3.8) is 0 Å². The van der Waals surface area contributed by atoms with Gasteiger partial charge in [0.15, 0.2) is 0 Å². The fourth-order valence-electron chi connectivity index (χ4n) is 3.17. The minimum Gasteiger partial charge on any atom is -0.324 e. The van der Waals surface area contributed by atoms with Crippen molar-refractivity contribution in [2.75, 3.05) is 5.32 Å². The average Bonchev–Trinajstić information content (AvgIpc) is 3.21. The Kier molecular flexibility index (Phi) is 4.18. The molecule has 7 heteroatoms. The van der Waals surface area contributed by atoms with Crippen LogP contribution in [0, 0.1) is 6.92 Å². The highest BCUT2D eigenvalue weighted by molar-refractivity contribution is 5.93. The Bertz CT molecular complexity index is 1280. The topological polar surface area (TPSA) is 81.4 Å². The number of anilines is 2. The summed E-state index contributed by atoms with van der Waals surface area (Å²) in [6.45, 7) is 1.86. The number of nitrogens with one attached hydrogen (secondary N) is 1. The highest BCUT2D eigenvalue weighted by atomic mass is 15.3. The minimum absolute atomic E-state index is 0.540. The summed E-state index contributed by atoms with van der Waals surface area (Å²) in [4.78, 5) is 17.6. The maximum Gasteiger partial charge on any atom is 0.227 e. The lowest BCUT2D eigenvalue weighted by molar-refractivity contribution is 0.863. The lowest BCUT2D eigenvalue weighted by atomic mass is 10.0. The van der Waals surface area contributed by atoms with Crippen LogP contribution in [0.1, 0.15) is 5.82 Å². The Morgan fingerprint density at radius 3 is 2.55 bits per heavy atom. The number of fused-ring (bicyclic) bond motifs is 1. The molecule has 5 rings (SSSR count). The van der Waals surface area contributed by atoms with Crippen LogP contribution in [0.2, 0.25) is 0 Å². The van der Waals surface area contributed by atoms with Crippen LogP contribution in [0.25, 0.3) is 27.7 Å². The molecule has 7 nitrogen and oxygen atoms in total. The van der Waals surface area contributed by atoms with E-state index in [9.17, 15) is 0 Å². The number of aromatic nitrogens is 6. The first-order valence-corrected chi connectivity index (χ1v) is 9.18. The van der Waals surface area contributed by atoms with Crippen molar-refractivity contribution in [3.8, 4) is 16.8 Å². The third-order valence-electron chi connectivity index (χ3n) is 4.58. The van der Waals surface area contributed by atoms with E-state index in [1.165, 1.54) is 0 Å². The molecule has 1 N–H and O–H groups in total. The van der Waals surface area contributed by atoms with Gasteiger partial charge in [-0.05, 0) is 37.3 Å². The van der Waals surface area contributed by atoms with Gasteiger partial charge in [-0.1, -0.05) is 24.3 Å². The summed E-state index contributed by atoms with van der Waals surface area (Å²) < 4.78 is 1.74. The molecular weight excluding hydrogens is 362 g/mol. The number of benzene rings is 2. The van der Waals surface area contributed by atoms with Crippen molar-refractivity contribution >= 4 is 22.5 Å². The van der Waals surface area contributed by atoms with Crippen LogP contribution in [0.4, 0.5) is 11.6 Å². The maximum absolute atomic E-state index is 4.75. The molecular formula is C22H17N7. The molecule has 0 fully saturated rings. The number of hydrogen-bond donors (Lipinski definition) is 1. The fraction of sp³-hybridized carbons (Fsp3) is 0.0455. The van der Waals surface area contributed by atoms with Crippen LogP contribution in [-0.4, -0.2) is 29.7 Å². The molecule has 5 aromatic rings. The Balaban J connectivity index is 1.46. The Labute approximate surface area is 167 Å². The smallest absolute Gasteiger partial charge is 0.227 e. The summed E-state index contributed by atoms with van der Waals surface area (Å²) in [7, 11) is 0. The molecule has 3 heterocycles. The first-order chi connectivity index (χ1) is 14.3. The second-order valence-electron chi connectivity index (χ2n) is 6.59. The first kappa shape index (κ1) is 17.0. The van der Waals surface area contributed by atoms with Crippen LogP contribution in [-0.2, 0) is 0 Å². The van der Waals surface area contributed by atoms with Gasteiger partial charge in [0.25, 0.3) is 0 Å². The second kappa shape index (κ2) is 7.12. The van der Waals surface area contributed by atoms with E-state index < -0.39 is 0 Å². The van der Waals surface area contributed by atoms with Crippen LogP contribution >= 0.6 is 0 Å². The van der Waals surface area contributed by atoms with E-state index in [2.05, 4.69) is 25.4 Å². The zero-order chi connectivity index (χ0) is 19.6. The van der Waals surface area contributed by atoms with E-state index in [0.29, 0.717) is 5.95 Å². The summed E-state index contributed by atoms with van der Waals surface area (Å²) in [5.74, 6) is 1.28. The Morgan fingerprint density at radius 1 is 0.897 bits per heavy atom. The molecule has 0 radical (unpaired) electrons. The highest BCUT2D eigenvalue weighted by Gasteiger charge is 2.08. The molecule has 140 valence electrons. The normalized spacial score (nSPS) is 10.9. The summed E-state index contributed by atoms with van der Waals surface area (Å²) >= 11 is 0. The van der Waals surface area contributed by atoms with Crippen molar-refractivity contribution < 1.29 is 0 Å². The summed E-state index contributed by atoms with van der Waals surface area (Å²) in [6, 6.07) is 17.9. The van der Waals surface area contributed by atoms with E-state index in [1.807, 2.05) is 73.9 Å². The van der Waals surface area contributed by atoms with E-state index in [0.717, 1.165) is 39.2 Å². The Morgan fingerprint density at radius 2 is 1.79 bits per heavy atom. The first-order valence-electron chi connectivity index (χ1n) is 9.18. The van der Waals surface area contributed by atoms with Gasteiger partial charge in [0.2, 0.25) is 5.95 Å². The van der Waals surface area contributed by atoms with Gasteiger partial charge in [-0.15, -0.1) is 0 Å². The van der Waals surface area contributed by atoms with E-state index >= 15 is 0 Å². The second-order valence-corrected chi connectivity index (χ2v) is 6.59. The molecule has 0 amide bonds. The van der Waals surface area contributed by atoms with Crippen molar-refractivity contribution in [1.82, 2.24) is 29.7 Å². The number of pyridine rings is 1. The van der Waals surface area contributed by atoms with E-state index in [-0.39, 0.29) is 0 Å². The molecule has 29 heavy (non-hydrogen) atoms. The van der Waals surface area contributed by atoms with Gasteiger partial charge in [0, 0.05) is 40.8 Å². The molecule has 0 aliphatic carbocycles. The van der Waals surface area contributed by atoms with Crippen LogP contribution in [0.15, 0.2) is 79.5 Å². The van der Waals surface area contributed by atoms with Gasteiger partial charge in [0.05, 0.1) is 11.2 Å². The summed E-state index contributed by atoms with van der Waals surface area (Å²) in [5, 5.41) is 8.58. The molecule has 3 aromatic heterocycles. The van der Waals surface area contributed by atoms with Gasteiger partial charge in [-0.25, -0.2) is 19.6 Å². The molecule has 2 aromatic carbocycles. The Hall–Kier alpha value is -4.13. The molecule has 0 bridgehead atoms. The van der Waals surface area contributed by atoms with Crippen molar-refractivity contribution in [2.45, 2.75) is 6.92 Å². The molecule has 0 spiro atoms. The summed E-state index contributed by atoms with van der Waals surface area (Å²) in [5.41, 5.74) is 4.76. The lowest BCUT2D eigenvalue weighted by Crippen LogP contribution is -1.99. The predicted octanol–water partition coefficient (Wildman–Crippen LogP) is 4.32. The van der Waals surface area contributed by atoms with Gasteiger partial charge in [-0.2, -0.15) is 5.10 Å². The van der Waals surface area contributed by atoms with Crippen LogP contribution < -0.4 is 5.32 Å². The predicted molar refractivity (Wildman–Crippen MR) is 112 cm³/mol. The van der Waals surface area contributed by atoms with Gasteiger partial charge < -0.3 is 5.32 Å². The fourth-order valence-corrected chi connectivity index (χ4v) is 3.17. The number of rotatable bonds is 4. The summed E-state index contributed by atoms with van der Waals surface area (Å²) in [6.07, 6.45) is 7.14. The lowest BCUT2D eigenvalue weighted by Gasteiger charge is -2.09. The maximum atomic E-state index is 4.75. The number of nitrogens with zero attached hydrogens (tertiary/aromatic N) is 6. The molecule has 0 aliphatic heterocycles. The number of aryl methyl sites for hydroxylation is 1. The zero-order valence-corrected chi connectivity index (χ0v) is 15.7. The van der Waals surface area contributed by atoms with Crippen molar-refractivity contribution in [2.24, 2.45) is 0 Å². The standard InChI is InChI=1S/C22H17N7/c1-15-25-14-29(28-15)19-9-7-18(8-10-19)26-22-24-13-17-4-2-6-20(21(17)27-22)16-5-3-11-23-12-16/h2-14H,1H3,(H,24,26,27). The molecule has 0 saturated carbocycles.